The van der Waals surface area contributed by atoms with Crippen LogP contribution in [-0.4, -0.2) is 54.6 Å². The molecule has 0 spiro atoms. The van der Waals surface area contributed by atoms with Gasteiger partial charge in [-0.15, -0.1) is 0 Å². The molecule has 1 aromatic carbocycles. The first kappa shape index (κ1) is 17.4. The van der Waals surface area contributed by atoms with Crippen LogP contribution in [0.1, 0.15) is 24.8 Å². The normalized spacial score (nSPS) is 12.1. The van der Waals surface area contributed by atoms with Crippen LogP contribution in [0.3, 0.4) is 0 Å². The molecule has 2 N–H and O–H groups in total. The quantitative estimate of drug-likeness (QED) is 0.637. The highest BCUT2D eigenvalue weighted by atomic mass is 16.5. The Labute approximate surface area is 126 Å². The molecule has 5 nitrogen and oxygen atoms in total. The number of ether oxygens (including phenoxy) is 1. The van der Waals surface area contributed by atoms with Crippen LogP contribution >= 0.6 is 0 Å². The summed E-state index contributed by atoms with van der Waals surface area (Å²) in [6.07, 6.45) is 2.29. The van der Waals surface area contributed by atoms with E-state index in [0.717, 1.165) is 25.8 Å². The number of nitriles is 1. The maximum atomic E-state index is 9.93. The first-order chi connectivity index (χ1) is 10.2. The van der Waals surface area contributed by atoms with Gasteiger partial charge >= 0.3 is 0 Å². The van der Waals surface area contributed by atoms with Gasteiger partial charge in [0.25, 0.3) is 0 Å². The lowest BCUT2D eigenvalue weighted by Gasteiger charge is -2.20. The van der Waals surface area contributed by atoms with Gasteiger partial charge in [-0.25, -0.2) is 0 Å². The molecule has 0 amide bonds. The van der Waals surface area contributed by atoms with E-state index in [2.05, 4.69) is 4.90 Å². The molecule has 5 heteroatoms. The fraction of sp³-hybridized carbons (Fsp3) is 0.562. The lowest BCUT2D eigenvalue weighted by Crippen LogP contribution is -2.33. The Bertz CT molecular complexity index is 428. The Kier molecular flexibility index (Phi) is 8.44. The zero-order valence-corrected chi connectivity index (χ0v) is 12.5. The summed E-state index contributed by atoms with van der Waals surface area (Å²) in [4.78, 5) is 2.06. The van der Waals surface area contributed by atoms with Crippen LogP contribution in [0.15, 0.2) is 24.3 Å². The van der Waals surface area contributed by atoms with E-state index in [4.69, 9.17) is 15.1 Å². The van der Waals surface area contributed by atoms with E-state index in [1.807, 2.05) is 13.1 Å². The Balaban J connectivity index is 2.20. The Morgan fingerprint density at radius 2 is 1.95 bits per heavy atom. The molecule has 0 heterocycles. The molecule has 116 valence electrons. The number of benzene rings is 1. The van der Waals surface area contributed by atoms with Crippen LogP contribution in [0.5, 0.6) is 5.75 Å². The van der Waals surface area contributed by atoms with Crippen LogP contribution in [0.4, 0.5) is 0 Å². The monoisotopic (exact) mass is 292 g/mol. The first-order valence-corrected chi connectivity index (χ1v) is 7.26. The largest absolute Gasteiger partial charge is 0.491 e. The average molecular weight is 292 g/mol. The number of nitrogens with zero attached hydrogens (tertiary/aromatic N) is 2. The van der Waals surface area contributed by atoms with Crippen molar-refractivity contribution in [2.75, 3.05) is 33.4 Å². The fourth-order valence-corrected chi connectivity index (χ4v) is 1.99. The van der Waals surface area contributed by atoms with Crippen molar-refractivity contribution in [3.8, 4) is 11.8 Å². The molecule has 21 heavy (non-hydrogen) atoms. The minimum Gasteiger partial charge on any atom is -0.491 e. The topological polar surface area (TPSA) is 76.7 Å². The smallest absolute Gasteiger partial charge is 0.119 e. The number of hydrogen-bond donors (Lipinski definition) is 2. The maximum absolute atomic E-state index is 9.93. The van der Waals surface area contributed by atoms with Crippen LogP contribution < -0.4 is 4.74 Å². The van der Waals surface area contributed by atoms with Gasteiger partial charge in [0.15, 0.2) is 0 Å². The predicted molar refractivity (Wildman–Crippen MR) is 81.1 cm³/mol. The third-order valence-electron chi connectivity index (χ3n) is 3.15. The summed E-state index contributed by atoms with van der Waals surface area (Å²) in [7, 11) is 1.96. The van der Waals surface area contributed by atoms with Crippen molar-refractivity contribution in [3.63, 3.8) is 0 Å². The highest BCUT2D eigenvalue weighted by Crippen LogP contribution is 2.11. The van der Waals surface area contributed by atoms with E-state index in [-0.39, 0.29) is 13.2 Å². The van der Waals surface area contributed by atoms with Crippen molar-refractivity contribution in [1.29, 1.82) is 5.26 Å². The van der Waals surface area contributed by atoms with Crippen molar-refractivity contribution < 1.29 is 14.9 Å². The summed E-state index contributed by atoms with van der Waals surface area (Å²) in [5.41, 5.74) is 0.588. The zero-order valence-electron chi connectivity index (χ0n) is 12.5. The highest BCUT2D eigenvalue weighted by molar-refractivity contribution is 5.34. The van der Waals surface area contributed by atoms with E-state index >= 15 is 0 Å². The summed E-state index contributed by atoms with van der Waals surface area (Å²) in [6.45, 7) is 1.92. The predicted octanol–water partition coefficient (Wildman–Crippen LogP) is 1.39. The van der Waals surface area contributed by atoms with Crippen molar-refractivity contribution in [3.05, 3.63) is 29.8 Å². The van der Waals surface area contributed by atoms with Gasteiger partial charge < -0.3 is 19.8 Å². The van der Waals surface area contributed by atoms with E-state index in [1.165, 1.54) is 0 Å². The summed E-state index contributed by atoms with van der Waals surface area (Å²) in [5, 5.41) is 27.3. The Hall–Kier alpha value is -1.61. The molecule has 0 fully saturated rings. The van der Waals surface area contributed by atoms with Crippen LogP contribution in [0.25, 0.3) is 0 Å². The van der Waals surface area contributed by atoms with E-state index < -0.39 is 6.10 Å². The first-order valence-electron chi connectivity index (χ1n) is 7.26. The summed E-state index contributed by atoms with van der Waals surface area (Å²) in [5.74, 6) is 0.652. The van der Waals surface area contributed by atoms with Gasteiger partial charge in [0, 0.05) is 13.2 Å². The average Bonchev–Trinajstić information content (AvgIpc) is 2.50. The van der Waals surface area contributed by atoms with Gasteiger partial charge in [-0.2, -0.15) is 5.26 Å². The standard InChI is InChI=1S/C16H24N2O3/c1-18(9-3-2-4-10-19)12-15(20)13-21-16-7-5-14(11-17)6-8-16/h5-8,15,19-20H,2-4,9-10,12-13H2,1H3. The van der Waals surface area contributed by atoms with Gasteiger partial charge in [-0.05, 0) is 57.1 Å². The molecule has 0 saturated carbocycles. The molecule has 0 bridgehead atoms. The second kappa shape index (κ2) is 10.2. The summed E-state index contributed by atoms with van der Waals surface area (Å²) >= 11 is 0. The minimum atomic E-state index is -0.552. The lowest BCUT2D eigenvalue weighted by atomic mass is 10.2. The van der Waals surface area contributed by atoms with E-state index in [0.29, 0.717) is 17.9 Å². The van der Waals surface area contributed by atoms with Gasteiger partial charge in [-0.3, -0.25) is 0 Å². The molecule has 0 aromatic heterocycles. The van der Waals surface area contributed by atoms with Crippen molar-refractivity contribution in [2.24, 2.45) is 0 Å². The van der Waals surface area contributed by atoms with Crippen molar-refractivity contribution >= 4 is 0 Å². The van der Waals surface area contributed by atoms with Gasteiger partial charge in [0.2, 0.25) is 0 Å². The van der Waals surface area contributed by atoms with Crippen LogP contribution in [0.2, 0.25) is 0 Å². The number of hydrogen-bond acceptors (Lipinski definition) is 5. The molecule has 0 aliphatic carbocycles. The SMILES string of the molecule is CN(CCCCCO)CC(O)COc1ccc(C#N)cc1. The second-order valence-electron chi connectivity index (χ2n) is 5.15. The molecule has 0 radical (unpaired) electrons. The van der Waals surface area contributed by atoms with E-state index in [1.54, 1.807) is 24.3 Å². The van der Waals surface area contributed by atoms with Crippen molar-refractivity contribution in [2.45, 2.75) is 25.4 Å². The maximum Gasteiger partial charge on any atom is 0.119 e. The molecule has 1 rings (SSSR count). The van der Waals surface area contributed by atoms with Gasteiger partial charge in [0.1, 0.15) is 18.5 Å². The summed E-state index contributed by atoms with van der Waals surface area (Å²) < 4.78 is 5.49. The van der Waals surface area contributed by atoms with E-state index in [9.17, 15) is 5.11 Å². The lowest BCUT2D eigenvalue weighted by molar-refractivity contribution is 0.0757. The zero-order chi connectivity index (χ0) is 15.5. The molecule has 0 aliphatic heterocycles. The number of unbranched alkanes of at least 4 members (excludes halogenated alkanes) is 2. The number of aliphatic hydroxyl groups excluding tert-OH is 2. The minimum absolute atomic E-state index is 0.229. The molecule has 0 aliphatic rings. The third-order valence-corrected chi connectivity index (χ3v) is 3.15. The van der Waals surface area contributed by atoms with Gasteiger partial charge in [-0.1, -0.05) is 0 Å². The highest BCUT2D eigenvalue weighted by Gasteiger charge is 2.09. The fourth-order valence-electron chi connectivity index (χ4n) is 1.99. The molecule has 0 saturated heterocycles. The van der Waals surface area contributed by atoms with Crippen LogP contribution in [0, 0.1) is 11.3 Å². The molecule has 1 unspecified atom stereocenters. The number of aliphatic hydroxyl groups is 2. The van der Waals surface area contributed by atoms with Crippen LogP contribution in [-0.2, 0) is 0 Å². The molecular formula is C16H24N2O3. The third kappa shape index (κ3) is 7.66. The van der Waals surface area contributed by atoms with Crippen molar-refractivity contribution in [1.82, 2.24) is 4.90 Å². The summed E-state index contributed by atoms with van der Waals surface area (Å²) in [6, 6.07) is 8.88. The number of likely N-dealkylation sites (N-methyl/N-ethyl adjacent to an activating group) is 1. The molecule has 1 aromatic rings. The Morgan fingerprint density at radius 3 is 2.57 bits per heavy atom. The Morgan fingerprint density at radius 1 is 1.24 bits per heavy atom. The second-order valence-corrected chi connectivity index (χ2v) is 5.15. The molecule has 1 atom stereocenters. The molecular weight excluding hydrogens is 268 g/mol. The van der Waals surface area contributed by atoms with Gasteiger partial charge in [0.05, 0.1) is 11.6 Å². The number of rotatable bonds is 10.